The molecular weight excluding hydrogens is 290 g/mol. The molecule has 0 fully saturated rings. The predicted molar refractivity (Wildman–Crippen MR) is 97.0 cm³/mol. The molecule has 0 aromatic heterocycles. The molecule has 1 atom stereocenters. The van der Waals surface area contributed by atoms with E-state index >= 15 is 0 Å². The summed E-state index contributed by atoms with van der Waals surface area (Å²) in [5.41, 5.74) is 9.17. The SMILES string of the molecule is CC(C)(C)[C@H]1CC=C(NNC(=S)NCc2ccccc2)CC1. The standard InChI is InChI=1S/C18H27N3S/c1-18(2,3)15-9-11-16(12-10-15)20-21-17(22)19-13-14-7-5-4-6-8-14/h4-8,11,15,20H,9-10,12-13H2,1-3H3,(H2,19,21,22)/t15-/m0/s1. The van der Waals surface area contributed by atoms with Crippen molar-refractivity contribution in [2.24, 2.45) is 11.3 Å². The maximum absolute atomic E-state index is 5.29. The Balaban J connectivity index is 1.70. The zero-order valence-electron chi connectivity index (χ0n) is 13.8. The molecule has 0 amide bonds. The van der Waals surface area contributed by atoms with E-state index in [0.29, 0.717) is 10.5 Å². The molecular formula is C18H27N3S. The molecule has 1 aliphatic carbocycles. The second kappa shape index (κ2) is 7.63. The number of hydrazine groups is 1. The van der Waals surface area contributed by atoms with Gasteiger partial charge >= 0.3 is 0 Å². The molecule has 2 rings (SSSR count). The monoisotopic (exact) mass is 317 g/mol. The van der Waals surface area contributed by atoms with Crippen LogP contribution < -0.4 is 16.2 Å². The molecule has 0 spiro atoms. The zero-order valence-corrected chi connectivity index (χ0v) is 14.6. The van der Waals surface area contributed by atoms with Crippen LogP contribution in [0.25, 0.3) is 0 Å². The minimum Gasteiger partial charge on any atom is -0.357 e. The van der Waals surface area contributed by atoms with E-state index in [1.807, 2.05) is 18.2 Å². The molecule has 3 nitrogen and oxygen atoms in total. The van der Waals surface area contributed by atoms with Crippen molar-refractivity contribution in [1.29, 1.82) is 0 Å². The van der Waals surface area contributed by atoms with Gasteiger partial charge in [-0.25, -0.2) is 0 Å². The van der Waals surface area contributed by atoms with Crippen LogP contribution in [0.5, 0.6) is 0 Å². The summed E-state index contributed by atoms with van der Waals surface area (Å²) >= 11 is 5.29. The first kappa shape index (κ1) is 16.8. The van der Waals surface area contributed by atoms with Crippen molar-refractivity contribution in [1.82, 2.24) is 16.2 Å². The summed E-state index contributed by atoms with van der Waals surface area (Å²) in [6, 6.07) is 10.2. The van der Waals surface area contributed by atoms with Crippen molar-refractivity contribution < 1.29 is 0 Å². The molecule has 120 valence electrons. The number of hydrogen-bond acceptors (Lipinski definition) is 2. The maximum atomic E-state index is 5.29. The molecule has 0 saturated heterocycles. The summed E-state index contributed by atoms with van der Waals surface area (Å²) in [6.45, 7) is 7.71. The van der Waals surface area contributed by atoms with Gasteiger partial charge in [0.25, 0.3) is 0 Å². The molecule has 1 aromatic rings. The van der Waals surface area contributed by atoms with Gasteiger partial charge in [0.2, 0.25) is 0 Å². The second-order valence-corrected chi connectivity index (χ2v) is 7.39. The summed E-state index contributed by atoms with van der Waals surface area (Å²) in [4.78, 5) is 0. The molecule has 0 heterocycles. The third-order valence-electron chi connectivity index (χ3n) is 4.27. The van der Waals surface area contributed by atoms with Crippen LogP contribution in [0, 0.1) is 11.3 Å². The number of nitrogens with one attached hydrogen (secondary N) is 3. The van der Waals surface area contributed by atoms with E-state index in [1.54, 1.807) is 0 Å². The highest BCUT2D eigenvalue weighted by Gasteiger charge is 2.26. The normalized spacial score (nSPS) is 18.3. The van der Waals surface area contributed by atoms with Crippen molar-refractivity contribution in [3.05, 3.63) is 47.7 Å². The number of benzene rings is 1. The molecule has 1 aromatic carbocycles. The van der Waals surface area contributed by atoms with E-state index in [4.69, 9.17) is 12.2 Å². The van der Waals surface area contributed by atoms with Gasteiger partial charge in [-0.1, -0.05) is 57.2 Å². The smallest absolute Gasteiger partial charge is 0.185 e. The quantitative estimate of drug-likeness (QED) is 0.582. The molecule has 1 aliphatic rings. The summed E-state index contributed by atoms with van der Waals surface area (Å²) in [6.07, 6.45) is 5.74. The average Bonchev–Trinajstić information content (AvgIpc) is 2.51. The largest absolute Gasteiger partial charge is 0.357 e. The molecule has 0 bridgehead atoms. The van der Waals surface area contributed by atoms with Gasteiger partial charge in [-0.05, 0) is 48.4 Å². The van der Waals surface area contributed by atoms with E-state index in [1.165, 1.54) is 17.7 Å². The highest BCUT2D eigenvalue weighted by molar-refractivity contribution is 7.80. The van der Waals surface area contributed by atoms with Crippen LogP contribution in [0.4, 0.5) is 0 Å². The maximum Gasteiger partial charge on any atom is 0.185 e. The molecule has 3 N–H and O–H groups in total. The van der Waals surface area contributed by atoms with Gasteiger partial charge in [0.15, 0.2) is 5.11 Å². The lowest BCUT2D eigenvalue weighted by atomic mass is 9.74. The van der Waals surface area contributed by atoms with Gasteiger partial charge in [0.1, 0.15) is 0 Å². The van der Waals surface area contributed by atoms with Crippen LogP contribution in [-0.4, -0.2) is 5.11 Å². The molecule has 0 saturated carbocycles. The topological polar surface area (TPSA) is 36.1 Å². The van der Waals surface area contributed by atoms with E-state index in [-0.39, 0.29) is 0 Å². The van der Waals surface area contributed by atoms with E-state index in [2.05, 4.69) is 55.1 Å². The summed E-state index contributed by atoms with van der Waals surface area (Å²) < 4.78 is 0. The lowest BCUT2D eigenvalue weighted by Crippen LogP contribution is -2.43. The Kier molecular flexibility index (Phi) is 5.83. The Hall–Kier alpha value is -1.55. The first-order valence-corrected chi connectivity index (χ1v) is 8.39. The molecule has 22 heavy (non-hydrogen) atoms. The highest BCUT2D eigenvalue weighted by atomic mass is 32.1. The van der Waals surface area contributed by atoms with Crippen LogP contribution in [0.15, 0.2) is 42.1 Å². The molecule has 0 aliphatic heterocycles. The predicted octanol–water partition coefficient (Wildman–Crippen LogP) is 3.89. The Morgan fingerprint density at radius 2 is 1.95 bits per heavy atom. The Morgan fingerprint density at radius 3 is 2.55 bits per heavy atom. The Bertz CT molecular complexity index is 517. The van der Waals surface area contributed by atoms with Crippen LogP contribution in [0.3, 0.4) is 0 Å². The Morgan fingerprint density at radius 1 is 1.23 bits per heavy atom. The second-order valence-electron chi connectivity index (χ2n) is 6.98. The van der Waals surface area contributed by atoms with Crippen molar-refractivity contribution in [2.75, 3.05) is 0 Å². The van der Waals surface area contributed by atoms with Gasteiger partial charge < -0.3 is 10.7 Å². The van der Waals surface area contributed by atoms with Crippen LogP contribution in [-0.2, 0) is 6.54 Å². The lowest BCUT2D eigenvalue weighted by Gasteiger charge is -2.33. The number of hydrogen-bond donors (Lipinski definition) is 3. The molecule has 0 radical (unpaired) electrons. The van der Waals surface area contributed by atoms with E-state index < -0.39 is 0 Å². The average molecular weight is 318 g/mol. The summed E-state index contributed by atoms with van der Waals surface area (Å²) in [5, 5.41) is 3.83. The first-order chi connectivity index (χ1) is 10.4. The van der Waals surface area contributed by atoms with Gasteiger partial charge in [0.05, 0.1) is 0 Å². The van der Waals surface area contributed by atoms with Crippen LogP contribution in [0.2, 0.25) is 0 Å². The van der Waals surface area contributed by atoms with Gasteiger partial charge in [0, 0.05) is 12.2 Å². The highest BCUT2D eigenvalue weighted by Crippen LogP contribution is 2.36. The van der Waals surface area contributed by atoms with Crippen molar-refractivity contribution in [3.63, 3.8) is 0 Å². The van der Waals surface area contributed by atoms with Crippen LogP contribution in [0.1, 0.15) is 45.6 Å². The third kappa shape index (κ3) is 5.34. The Labute approximate surface area is 139 Å². The third-order valence-corrected chi connectivity index (χ3v) is 4.51. The van der Waals surface area contributed by atoms with Gasteiger partial charge in [-0.3, -0.25) is 5.43 Å². The number of rotatable bonds is 4. The van der Waals surface area contributed by atoms with Crippen molar-refractivity contribution in [3.8, 4) is 0 Å². The summed E-state index contributed by atoms with van der Waals surface area (Å²) in [7, 11) is 0. The number of thiocarbonyl (C=S) groups is 1. The zero-order chi connectivity index (χ0) is 16.0. The van der Waals surface area contributed by atoms with Crippen molar-refractivity contribution in [2.45, 2.75) is 46.6 Å². The van der Waals surface area contributed by atoms with Gasteiger partial charge in [-0.15, -0.1) is 0 Å². The van der Waals surface area contributed by atoms with Crippen LogP contribution >= 0.6 is 12.2 Å². The van der Waals surface area contributed by atoms with E-state index in [9.17, 15) is 0 Å². The van der Waals surface area contributed by atoms with Gasteiger partial charge in [-0.2, -0.15) is 0 Å². The fourth-order valence-electron chi connectivity index (χ4n) is 2.69. The molecule has 0 unspecified atom stereocenters. The minimum atomic E-state index is 0.391. The fourth-order valence-corrected chi connectivity index (χ4v) is 2.82. The number of allylic oxidation sites excluding steroid dienone is 2. The first-order valence-electron chi connectivity index (χ1n) is 7.98. The van der Waals surface area contributed by atoms with Crippen molar-refractivity contribution >= 4 is 17.3 Å². The fraction of sp³-hybridized carbons (Fsp3) is 0.500. The minimum absolute atomic E-state index is 0.391. The summed E-state index contributed by atoms with van der Waals surface area (Å²) in [5.74, 6) is 0.765. The molecule has 4 heteroatoms. The lowest BCUT2D eigenvalue weighted by molar-refractivity contribution is 0.218. The van der Waals surface area contributed by atoms with E-state index in [0.717, 1.165) is 25.3 Å².